The van der Waals surface area contributed by atoms with Gasteiger partial charge in [0.25, 0.3) is 11.8 Å². The first-order chi connectivity index (χ1) is 12.0. The Balaban J connectivity index is 2.11. The molecule has 0 saturated carbocycles. The summed E-state index contributed by atoms with van der Waals surface area (Å²) in [6.45, 7) is -0.223. The summed E-state index contributed by atoms with van der Waals surface area (Å²) in [4.78, 5) is 22.9. The van der Waals surface area contributed by atoms with E-state index in [0.717, 1.165) is 0 Å². The molecule has 0 bridgehead atoms. The van der Waals surface area contributed by atoms with Gasteiger partial charge in [0.05, 0.1) is 10.7 Å². The number of carbonyl (C=O) groups excluding carboxylic acids is 2. The van der Waals surface area contributed by atoms with Gasteiger partial charge in [0.15, 0.2) is 6.61 Å². The first-order valence-corrected chi connectivity index (χ1v) is 7.56. The minimum absolute atomic E-state index is 0.0780. The maximum absolute atomic E-state index is 12.2. The molecular formula is C18H14ClN3O3. The van der Waals surface area contributed by atoms with Crippen LogP contribution < -0.4 is 15.8 Å². The molecule has 0 unspecified atom stereocenters. The van der Waals surface area contributed by atoms with E-state index < -0.39 is 11.8 Å². The molecule has 2 amide bonds. The molecule has 0 radical (unpaired) electrons. The number of halogens is 1. The normalized spacial score (nSPS) is 10.6. The first kappa shape index (κ1) is 18.0. The maximum Gasteiger partial charge on any atom is 0.266 e. The van der Waals surface area contributed by atoms with Gasteiger partial charge in [-0.3, -0.25) is 9.59 Å². The lowest BCUT2D eigenvalue weighted by Crippen LogP contribution is -2.19. The molecule has 0 fully saturated rings. The molecule has 0 atom stereocenters. The van der Waals surface area contributed by atoms with Crippen LogP contribution in [0.2, 0.25) is 5.02 Å². The molecule has 7 heteroatoms. The fraction of sp³-hybridized carbons (Fsp3) is 0.0556. The lowest BCUT2D eigenvalue weighted by molar-refractivity contribution is -0.120. The number of hydrogen-bond acceptors (Lipinski definition) is 4. The topological polar surface area (TPSA) is 105 Å². The maximum atomic E-state index is 12.2. The van der Waals surface area contributed by atoms with Crippen LogP contribution in [0.15, 0.2) is 54.1 Å². The second-order valence-electron chi connectivity index (χ2n) is 4.93. The highest BCUT2D eigenvalue weighted by Crippen LogP contribution is 2.21. The predicted molar refractivity (Wildman–Crippen MR) is 94.8 cm³/mol. The van der Waals surface area contributed by atoms with Crippen LogP contribution in [0.3, 0.4) is 0 Å². The Labute approximate surface area is 149 Å². The fourth-order valence-electron chi connectivity index (χ4n) is 1.88. The van der Waals surface area contributed by atoms with Crippen molar-refractivity contribution in [3.8, 4) is 11.8 Å². The van der Waals surface area contributed by atoms with E-state index >= 15 is 0 Å². The molecule has 0 aromatic heterocycles. The SMILES string of the molecule is N#C/C(=C/c1ccc(OCC(N)=O)cc1)C(=O)Nc1ccccc1Cl. The molecule has 0 spiro atoms. The van der Waals surface area contributed by atoms with Crippen molar-refractivity contribution in [1.29, 1.82) is 5.26 Å². The number of nitriles is 1. The summed E-state index contributed by atoms with van der Waals surface area (Å²) in [5.41, 5.74) is 5.96. The lowest BCUT2D eigenvalue weighted by atomic mass is 10.1. The van der Waals surface area contributed by atoms with Gasteiger partial charge in [-0.25, -0.2) is 0 Å². The number of primary amides is 1. The van der Waals surface area contributed by atoms with E-state index in [9.17, 15) is 14.9 Å². The van der Waals surface area contributed by atoms with Crippen LogP contribution >= 0.6 is 11.6 Å². The summed E-state index contributed by atoms with van der Waals surface area (Å²) in [5.74, 6) is -0.688. The number of carbonyl (C=O) groups is 2. The molecule has 0 aliphatic rings. The third kappa shape index (κ3) is 5.37. The molecule has 2 aromatic carbocycles. The van der Waals surface area contributed by atoms with Crippen molar-refractivity contribution in [3.63, 3.8) is 0 Å². The Bertz CT molecular complexity index is 855. The quantitative estimate of drug-likeness (QED) is 0.613. The van der Waals surface area contributed by atoms with Crippen molar-refractivity contribution >= 4 is 35.2 Å². The molecule has 0 aliphatic carbocycles. The lowest BCUT2D eigenvalue weighted by Gasteiger charge is -2.06. The summed E-state index contributed by atoms with van der Waals surface area (Å²) >= 11 is 5.98. The van der Waals surface area contributed by atoms with E-state index in [1.54, 1.807) is 48.5 Å². The highest BCUT2D eigenvalue weighted by atomic mass is 35.5. The summed E-state index contributed by atoms with van der Waals surface area (Å²) < 4.78 is 5.14. The number of ether oxygens (including phenoxy) is 1. The third-order valence-electron chi connectivity index (χ3n) is 3.06. The zero-order valence-corrected chi connectivity index (χ0v) is 13.8. The van der Waals surface area contributed by atoms with Crippen molar-refractivity contribution < 1.29 is 14.3 Å². The average Bonchev–Trinajstić information content (AvgIpc) is 2.60. The number of nitrogens with zero attached hydrogens (tertiary/aromatic N) is 1. The van der Waals surface area contributed by atoms with E-state index in [-0.39, 0.29) is 12.2 Å². The predicted octanol–water partition coefficient (Wildman–Crippen LogP) is 2.75. The van der Waals surface area contributed by atoms with Gasteiger partial charge in [-0.1, -0.05) is 35.9 Å². The van der Waals surface area contributed by atoms with Crippen LogP contribution in [0.1, 0.15) is 5.56 Å². The van der Waals surface area contributed by atoms with E-state index in [2.05, 4.69) is 5.32 Å². The second kappa shape index (κ2) is 8.52. The van der Waals surface area contributed by atoms with Crippen LogP contribution in [0.4, 0.5) is 5.69 Å². The largest absolute Gasteiger partial charge is 0.484 e. The number of rotatable bonds is 6. The van der Waals surface area contributed by atoms with E-state index in [0.29, 0.717) is 22.0 Å². The molecule has 0 heterocycles. The molecule has 6 nitrogen and oxygen atoms in total. The number of hydrogen-bond donors (Lipinski definition) is 2. The molecule has 0 aliphatic heterocycles. The van der Waals surface area contributed by atoms with Crippen LogP contribution in [-0.4, -0.2) is 18.4 Å². The van der Waals surface area contributed by atoms with Gasteiger partial charge in [-0.2, -0.15) is 5.26 Å². The Kier molecular flexibility index (Phi) is 6.15. The van der Waals surface area contributed by atoms with Crippen molar-refractivity contribution in [2.24, 2.45) is 5.73 Å². The summed E-state index contributed by atoms with van der Waals surface area (Å²) in [6, 6.07) is 15.1. The van der Waals surface area contributed by atoms with Gasteiger partial charge in [-0.15, -0.1) is 0 Å². The molecule has 0 saturated heterocycles. The fourth-order valence-corrected chi connectivity index (χ4v) is 2.07. The van der Waals surface area contributed by atoms with Crippen LogP contribution in [0.5, 0.6) is 5.75 Å². The highest BCUT2D eigenvalue weighted by molar-refractivity contribution is 6.34. The van der Waals surface area contributed by atoms with Crippen molar-refractivity contribution in [3.05, 3.63) is 64.7 Å². The van der Waals surface area contributed by atoms with Crippen LogP contribution in [-0.2, 0) is 9.59 Å². The highest BCUT2D eigenvalue weighted by Gasteiger charge is 2.11. The van der Waals surface area contributed by atoms with Gasteiger partial charge in [0.1, 0.15) is 17.4 Å². The number of anilines is 1. The number of benzene rings is 2. The van der Waals surface area contributed by atoms with Crippen LogP contribution in [0, 0.1) is 11.3 Å². The second-order valence-corrected chi connectivity index (χ2v) is 5.34. The Morgan fingerprint density at radius 3 is 2.48 bits per heavy atom. The van der Waals surface area contributed by atoms with Crippen molar-refractivity contribution in [2.45, 2.75) is 0 Å². The monoisotopic (exact) mass is 355 g/mol. The van der Waals surface area contributed by atoms with Gasteiger partial charge in [0, 0.05) is 0 Å². The van der Waals surface area contributed by atoms with Gasteiger partial charge in [0.2, 0.25) is 0 Å². The molecule has 2 aromatic rings. The zero-order chi connectivity index (χ0) is 18.2. The Morgan fingerprint density at radius 1 is 1.20 bits per heavy atom. The molecule has 126 valence electrons. The van der Waals surface area contributed by atoms with Gasteiger partial charge < -0.3 is 15.8 Å². The molecule has 25 heavy (non-hydrogen) atoms. The Hall–Kier alpha value is -3.30. The molecule has 3 N–H and O–H groups in total. The first-order valence-electron chi connectivity index (χ1n) is 7.18. The summed E-state index contributed by atoms with van der Waals surface area (Å²) in [6.07, 6.45) is 1.43. The zero-order valence-electron chi connectivity index (χ0n) is 13.0. The molecular weight excluding hydrogens is 342 g/mol. The number of nitrogens with one attached hydrogen (secondary N) is 1. The smallest absolute Gasteiger partial charge is 0.266 e. The summed E-state index contributed by atoms with van der Waals surface area (Å²) in [5, 5.41) is 12.2. The van der Waals surface area contributed by atoms with E-state index in [4.69, 9.17) is 22.1 Å². The summed E-state index contributed by atoms with van der Waals surface area (Å²) in [7, 11) is 0. The van der Waals surface area contributed by atoms with Crippen LogP contribution in [0.25, 0.3) is 6.08 Å². The minimum Gasteiger partial charge on any atom is -0.484 e. The average molecular weight is 356 g/mol. The number of nitrogens with two attached hydrogens (primary N) is 1. The number of amides is 2. The van der Waals surface area contributed by atoms with Gasteiger partial charge >= 0.3 is 0 Å². The number of para-hydroxylation sites is 1. The Morgan fingerprint density at radius 2 is 1.88 bits per heavy atom. The van der Waals surface area contributed by atoms with Gasteiger partial charge in [-0.05, 0) is 35.9 Å². The molecule has 2 rings (SSSR count). The third-order valence-corrected chi connectivity index (χ3v) is 3.39. The van der Waals surface area contributed by atoms with Crippen molar-refractivity contribution in [2.75, 3.05) is 11.9 Å². The van der Waals surface area contributed by atoms with E-state index in [1.807, 2.05) is 6.07 Å². The standard InChI is InChI=1S/C18H14ClN3O3/c19-15-3-1-2-4-16(15)22-18(24)13(10-20)9-12-5-7-14(8-6-12)25-11-17(21)23/h1-9H,11H2,(H2,21,23)(H,22,24)/b13-9-. The van der Waals surface area contributed by atoms with Crippen molar-refractivity contribution in [1.82, 2.24) is 0 Å². The van der Waals surface area contributed by atoms with E-state index in [1.165, 1.54) is 6.08 Å². The minimum atomic E-state index is -0.577.